The molecule has 0 saturated carbocycles. The molecule has 3 N–H and O–H groups in total. The van der Waals surface area contributed by atoms with Crippen molar-refractivity contribution in [3.8, 4) is 0 Å². The largest absolute Gasteiger partial charge is 0.396 e. The first-order valence-electron chi connectivity index (χ1n) is 4.93. The van der Waals surface area contributed by atoms with Gasteiger partial charge in [0.15, 0.2) is 0 Å². The molecule has 0 spiro atoms. The standard InChI is InChI=1S/C10H8F2N4O2S/c11-6-4-9(7(12)3-8(6)13)19(17,18)16-10-1-2-14-5-15-10/h1-5H,13H2,(H,14,15,16). The molecular weight excluding hydrogens is 278 g/mol. The average molecular weight is 286 g/mol. The van der Waals surface area contributed by atoms with Gasteiger partial charge in [0.05, 0.1) is 5.69 Å². The summed E-state index contributed by atoms with van der Waals surface area (Å²) in [6.45, 7) is 0. The number of rotatable bonds is 3. The number of anilines is 2. The SMILES string of the molecule is Nc1cc(F)c(S(=O)(=O)Nc2ccncn2)cc1F. The molecule has 2 aromatic rings. The fraction of sp³-hybridized carbons (Fsp3) is 0. The minimum Gasteiger partial charge on any atom is -0.396 e. The smallest absolute Gasteiger partial charge is 0.266 e. The Labute approximate surface area is 107 Å². The maximum atomic E-state index is 13.5. The highest BCUT2D eigenvalue weighted by molar-refractivity contribution is 7.92. The van der Waals surface area contributed by atoms with Crippen LogP contribution in [0.5, 0.6) is 0 Å². The van der Waals surface area contributed by atoms with E-state index in [1.165, 1.54) is 12.3 Å². The average Bonchev–Trinajstić information content (AvgIpc) is 2.34. The summed E-state index contributed by atoms with van der Waals surface area (Å²) in [5.41, 5.74) is 4.66. The van der Waals surface area contributed by atoms with Gasteiger partial charge in [-0.1, -0.05) is 0 Å². The Bertz CT molecular complexity index is 707. The van der Waals surface area contributed by atoms with Gasteiger partial charge in [-0.05, 0) is 12.1 Å². The van der Waals surface area contributed by atoms with E-state index in [2.05, 4.69) is 9.97 Å². The van der Waals surface area contributed by atoms with Crippen LogP contribution in [-0.4, -0.2) is 18.4 Å². The van der Waals surface area contributed by atoms with Gasteiger partial charge in [0.2, 0.25) is 0 Å². The molecule has 0 radical (unpaired) electrons. The maximum Gasteiger partial charge on any atom is 0.266 e. The van der Waals surface area contributed by atoms with Crippen LogP contribution in [0.3, 0.4) is 0 Å². The fourth-order valence-corrected chi connectivity index (χ4v) is 2.37. The van der Waals surface area contributed by atoms with Crippen LogP contribution in [0, 0.1) is 11.6 Å². The quantitative estimate of drug-likeness (QED) is 0.824. The predicted molar refractivity (Wildman–Crippen MR) is 63.6 cm³/mol. The second kappa shape index (κ2) is 4.76. The molecular formula is C10H8F2N4O2S. The Kier molecular flexibility index (Phi) is 3.30. The first-order valence-corrected chi connectivity index (χ1v) is 6.42. The number of nitrogens with zero attached hydrogens (tertiary/aromatic N) is 2. The van der Waals surface area contributed by atoms with Crippen molar-refractivity contribution in [1.29, 1.82) is 0 Å². The Hall–Kier alpha value is -2.29. The molecule has 6 nitrogen and oxygen atoms in total. The first-order chi connectivity index (χ1) is 8.90. The molecule has 0 aliphatic rings. The highest BCUT2D eigenvalue weighted by Crippen LogP contribution is 2.22. The van der Waals surface area contributed by atoms with Gasteiger partial charge >= 0.3 is 0 Å². The monoisotopic (exact) mass is 286 g/mol. The zero-order valence-corrected chi connectivity index (χ0v) is 10.2. The lowest BCUT2D eigenvalue weighted by Gasteiger charge is -2.08. The summed E-state index contributed by atoms with van der Waals surface area (Å²) < 4.78 is 52.5. The second-order valence-corrected chi connectivity index (χ2v) is 5.16. The van der Waals surface area contributed by atoms with Crippen LogP contribution < -0.4 is 10.5 Å². The van der Waals surface area contributed by atoms with Crippen molar-refractivity contribution in [2.75, 3.05) is 10.5 Å². The third kappa shape index (κ3) is 2.76. The highest BCUT2D eigenvalue weighted by atomic mass is 32.2. The number of nitrogens with two attached hydrogens (primary N) is 1. The van der Waals surface area contributed by atoms with E-state index < -0.39 is 32.2 Å². The number of benzene rings is 1. The predicted octanol–water partition coefficient (Wildman–Crippen LogP) is 1.14. The Morgan fingerprint density at radius 2 is 1.95 bits per heavy atom. The Morgan fingerprint density at radius 3 is 2.58 bits per heavy atom. The molecule has 9 heteroatoms. The molecule has 0 atom stereocenters. The first kappa shape index (κ1) is 13.1. The fourth-order valence-electron chi connectivity index (χ4n) is 1.29. The van der Waals surface area contributed by atoms with Crippen molar-refractivity contribution in [1.82, 2.24) is 9.97 Å². The lowest BCUT2D eigenvalue weighted by atomic mass is 10.3. The van der Waals surface area contributed by atoms with E-state index in [1.54, 1.807) is 0 Å². The third-order valence-corrected chi connectivity index (χ3v) is 3.53. The summed E-state index contributed by atoms with van der Waals surface area (Å²) in [5, 5.41) is 0. The molecule has 100 valence electrons. The van der Waals surface area contributed by atoms with Gasteiger partial charge in [0, 0.05) is 12.3 Å². The van der Waals surface area contributed by atoms with Gasteiger partial charge in [-0.25, -0.2) is 27.2 Å². The summed E-state index contributed by atoms with van der Waals surface area (Å²) in [5.74, 6) is -2.24. The molecule has 0 saturated heterocycles. The molecule has 1 aromatic carbocycles. The maximum absolute atomic E-state index is 13.5. The number of nitrogens with one attached hydrogen (secondary N) is 1. The van der Waals surface area contributed by atoms with Crippen LogP contribution in [0.4, 0.5) is 20.3 Å². The van der Waals surface area contributed by atoms with Crippen molar-refractivity contribution in [2.45, 2.75) is 4.90 Å². The van der Waals surface area contributed by atoms with E-state index in [0.29, 0.717) is 12.1 Å². The van der Waals surface area contributed by atoms with Gasteiger partial charge in [-0.3, -0.25) is 4.72 Å². The summed E-state index contributed by atoms with van der Waals surface area (Å²) >= 11 is 0. The second-order valence-electron chi connectivity index (χ2n) is 3.50. The lowest BCUT2D eigenvalue weighted by Crippen LogP contribution is -2.16. The molecule has 1 heterocycles. The van der Waals surface area contributed by atoms with E-state index in [9.17, 15) is 17.2 Å². The lowest BCUT2D eigenvalue weighted by molar-refractivity contribution is 0.557. The molecule has 0 aliphatic carbocycles. The number of aromatic nitrogens is 2. The minimum absolute atomic E-state index is 0.0633. The highest BCUT2D eigenvalue weighted by Gasteiger charge is 2.21. The molecule has 0 amide bonds. The van der Waals surface area contributed by atoms with Crippen LogP contribution in [0.1, 0.15) is 0 Å². The Balaban J connectivity index is 2.43. The number of nitrogen functional groups attached to an aromatic ring is 1. The van der Waals surface area contributed by atoms with Crippen molar-refractivity contribution >= 4 is 21.5 Å². The zero-order chi connectivity index (χ0) is 14.0. The van der Waals surface area contributed by atoms with Gasteiger partial charge in [0.25, 0.3) is 10.0 Å². The molecule has 0 aliphatic heterocycles. The van der Waals surface area contributed by atoms with Gasteiger partial charge in [-0.15, -0.1) is 0 Å². The number of sulfonamides is 1. The number of hydrogen-bond donors (Lipinski definition) is 2. The van der Waals surface area contributed by atoms with Crippen LogP contribution in [-0.2, 0) is 10.0 Å². The molecule has 0 unspecified atom stereocenters. The van der Waals surface area contributed by atoms with Crippen molar-refractivity contribution in [2.24, 2.45) is 0 Å². The van der Waals surface area contributed by atoms with Crippen LogP contribution >= 0.6 is 0 Å². The normalized spacial score (nSPS) is 11.3. The van der Waals surface area contributed by atoms with Crippen LogP contribution in [0.25, 0.3) is 0 Å². The van der Waals surface area contributed by atoms with Crippen molar-refractivity contribution in [3.05, 3.63) is 42.4 Å². The van der Waals surface area contributed by atoms with Crippen LogP contribution in [0.2, 0.25) is 0 Å². The Morgan fingerprint density at radius 1 is 1.21 bits per heavy atom. The summed E-state index contributed by atoms with van der Waals surface area (Å²) in [6.07, 6.45) is 2.41. The summed E-state index contributed by atoms with van der Waals surface area (Å²) in [4.78, 5) is 6.36. The van der Waals surface area contributed by atoms with Crippen molar-refractivity contribution < 1.29 is 17.2 Å². The van der Waals surface area contributed by atoms with E-state index in [-0.39, 0.29) is 5.82 Å². The van der Waals surface area contributed by atoms with Gasteiger partial charge < -0.3 is 5.73 Å². The molecule has 0 bridgehead atoms. The van der Waals surface area contributed by atoms with Gasteiger partial charge in [0.1, 0.15) is 28.7 Å². The zero-order valence-electron chi connectivity index (χ0n) is 9.34. The topological polar surface area (TPSA) is 98.0 Å². The van der Waals surface area contributed by atoms with E-state index >= 15 is 0 Å². The van der Waals surface area contributed by atoms with Crippen molar-refractivity contribution in [3.63, 3.8) is 0 Å². The van der Waals surface area contributed by atoms with Gasteiger partial charge in [-0.2, -0.15) is 0 Å². The summed E-state index contributed by atoms with van der Waals surface area (Å²) in [6, 6.07) is 2.38. The molecule has 1 aromatic heterocycles. The number of halogens is 2. The van der Waals surface area contributed by atoms with E-state index in [4.69, 9.17) is 5.73 Å². The molecule has 2 rings (SSSR count). The number of hydrogen-bond acceptors (Lipinski definition) is 5. The van der Waals surface area contributed by atoms with E-state index in [1.807, 2.05) is 4.72 Å². The minimum atomic E-state index is -4.29. The third-order valence-electron chi connectivity index (χ3n) is 2.16. The molecule has 19 heavy (non-hydrogen) atoms. The van der Waals surface area contributed by atoms with E-state index in [0.717, 1.165) is 6.33 Å². The summed E-state index contributed by atoms with van der Waals surface area (Å²) in [7, 11) is -4.29. The van der Waals surface area contributed by atoms with Crippen LogP contribution in [0.15, 0.2) is 35.6 Å². The molecule has 0 fully saturated rings.